The van der Waals surface area contributed by atoms with Crippen molar-refractivity contribution in [2.45, 2.75) is 51.4 Å². The molecule has 2 fully saturated rings. The Labute approximate surface area is 126 Å². The first-order valence-electron chi connectivity index (χ1n) is 7.96. The molecule has 1 amide bonds. The molecule has 0 aromatic rings. The zero-order chi connectivity index (χ0) is 15.0. The summed E-state index contributed by atoms with van der Waals surface area (Å²) in [5.41, 5.74) is -0.409. The van der Waals surface area contributed by atoms with Crippen molar-refractivity contribution in [1.29, 1.82) is 0 Å². The molecule has 5 heteroatoms. The lowest BCUT2D eigenvalue weighted by Crippen LogP contribution is -2.40. The fraction of sp³-hybridized carbons (Fsp3) is 0.812. The molecule has 1 saturated carbocycles. The van der Waals surface area contributed by atoms with Gasteiger partial charge in [-0.05, 0) is 51.5 Å². The number of likely N-dealkylation sites (tertiary alicyclic amines) is 1. The first-order chi connectivity index (χ1) is 9.94. The van der Waals surface area contributed by atoms with Gasteiger partial charge in [-0.2, -0.15) is 0 Å². The molecule has 1 N–H and O–H groups in total. The quantitative estimate of drug-likeness (QED) is 0.866. The second-order valence-electron chi connectivity index (χ2n) is 7.35. The first kappa shape index (κ1) is 14.7. The van der Waals surface area contributed by atoms with Gasteiger partial charge in [0.1, 0.15) is 11.7 Å². The van der Waals surface area contributed by atoms with Gasteiger partial charge in [0.15, 0.2) is 0 Å². The van der Waals surface area contributed by atoms with Gasteiger partial charge >= 0.3 is 6.09 Å². The smallest absolute Gasteiger partial charge is 0.410 e. The van der Waals surface area contributed by atoms with Crippen LogP contribution in [0, 0.1) is 11.8 Å². The minimum Gasteiger partial charge on any atom is -0.497 e. The van der Waals surface area contributed by atoms with Crippen LogP contribution in [0.2, 0.25) is 0 Å². The van der Waals surface area contributed by atoms with E-state index < -0.39 is 5.60 Å². The van der Waals surface area contributed by atoms with Crippen molar-refractivity contribution >= 4 is 6.09 Å². The average molecular weight is 294 g/mol. The van der Waals surface area contributed by atoms with E-state index in [1.807, 2.05) is 31.9 Å². The third-order valence-electron chi connectivity index (χ3n) is 4.45. The zero-order valence-electron chi connectivity index (χ0n) is 13.2. The number of nitrogens with one attached hydrogen (secondary N) is 1. The van der Waals surface area contributed by atoms with Crippen LogP contribution in [0.1, 0.15) is 33.6 Å². The van der Waals surface area contributed by atoms with Crippen LogP contribution in [-0.2, 0) is 9.47 Å². The normalized spacial score (nSPS) is 34.3. The van der Waals surface area contributed by atoms with Gasteiger partial charge < -0.3 is 19.7 Å². The Morgan fingerprint density at radius 1 is 1.38 bits per heavy atom. The van der Waals surface area contributed by atoms with Gasteiger partial charge in [0.25, 0.3) is 0 Å². The molecule has 2 aliphatic heterocycles. The Kier molecular flexibility index (Phi) is 3.86. The molecule has 3 unspecified atom stereocenters. The number of carbonyl (C=O) groups excluding carboxylic acids is 1. The maximum atomic E-state index is 12.0. The second kappa shape index (κ2) is 5.52. The summed E-state index contributed by atoms with van der Waals surface area (Å²) in [4.78, 5) is 13.8. The van der Waals surface area contributed by atoms with Crippen LogP contribution in [0.3, 0.4) is 0 Å². The maximum Gasteiger partial charge on any atom is 0.410 e. The Bertz CT molecular complexity index is 418. The minimum atomic E-state index is -0.409. The lowest BCUT2D eigenvalue weighted by molar-refractivity contribution is 0.0267. The van der Waals surface area contributed by atoms with E-state index in [2.05, 4.69) is 11.4 Å². The van der Waals surface area contributed by atoms with Gasteiger partial charge in [-0.15, -0.1) is 0 Å². The molecule has 1 saturated heterocycles. The molecule has 0 aromatic heterocycles. The van der Waals surface area contributed by atoms with E-state index in [4.69, 9.17) is 9.47 Å². The molecule has 2 heterocycles. The molecule has 5 nitrogen and oxygen atoms in total. The summed E-state index contributed by atoms with van der Waals surface area (Å²) >= 11 is 0. The highest BCUT2D eigenvalue weighted by atomic mass is 16.6. The monoisotopic (exact) mass is 294 g/mol. The van der Waals surface area contributed by atoms with E-state index in [1.165, 1.54) is 0 Å². The van der Waals surface area contributed by atoms with E-state index in [0.29, 0.717) is 24.0 Å². The van der Waals surface area contributed by atoms with Gasteiger partial charge in [-0.1, -0.05) is 0 Å². The van der Waals surface area contributed by atoms with Crippen LogP contribution in [0.15, 0.2) is 12.3 Å². The van der Waals surface area contributed by atoms with Gasteiger partial charge in [-0.25, -0.2) is 4.79 Å². The number of nitrogens with zero attached hydrogens (tertiary/aromatic N) is 1. The van der Waals surface area contributed by atoms with Crippen molar-refractivity contribution in [3.8, 4) is 0 Å². The van der Waals surface area contributed by atoms with Crippen molar-refractivity contribution in [1.82, 2.24) is 10.2 Å². The number of piperidine rings is 1. The minimum absolute atomic E-state index is 0.172. The molecular formula is C16H26N2O3. The summed E-state index contributed by atoms with van der Waals surface area (Å²) in [5.74, 6) is 1.19. The third kappa shape index (κ3) is 3.51. The van der Waals surface area contributed by atoms with Crippen LogP contribution >= 0.6 is 0 Å². The summed E-state index contributed by atoms with van der Waals surface area (Å²) in [7, 11) is 0. The van der Waals surface area contributed by atoms with Crippen molar-refractivity contribution < 1.29 is 14.3 Å². The van der Waals surface area contributed by atoms with Crippen LogP contribution in [-0.4, -0.2) is 48.4 Å². The SMILES string of the molecule is CC(C)(C)OC(=O)N1CC2C(C1)C2NCC1CCC=CO1. The van der Waals surface area contributed by atoms with Crippen LogP contribution in [0.4, 0.5) is 4.79 Å². The zero-order valence-corrected chi connectivity index (χ0v) is 13.2. The van der Waals surface area contributed by atoms with Crippen LogP contribution in [0.25, 0.3) is 0 Å². The molecule has 3 rings (SSSR count). The second-order valence-corrected chi connectivity index (χ2v) is 7.35. The van der Waals surface area contributed by atoms with Gasteiger partial charge in [0.05, 0.1) is 6.26 Å². The van der Waals surface area contributed by atoms with Crippen LogP contribution < -0.4 is 5.32 Å². The van der Waals surface area contributed by atoms with Crippen molar-refractivity contribution in [2.24, 2.45) is 11.8 Å². The molecule has 118 valence electrons. The number of hydrogen-bond acceptors (Lipinski definition) is 4. The number of allylic oxidation sites excluding steroid dienone is 1. The number of fused-ring (bicyclic) bond motifs is 1. The standard InChI is InChI=1S/C16H26N2O3/c1-16(2,3)21-15(19)18-9-12-13(10-18)14(12)17-8-11-6-4-5-7-20-11/h5,7,11-14,17H,4,6,8-10H2,1-3H3. The fourth-order valence-corrected chi connectivity index (χ4v) is 3.31. The number of carbonyl (C=O) groups is 1. The molecular weight excluding hydrogens is 268 g/mol. The van der Waals surface area contributed by atoms with E-state index in [0.717, 1.165) is 32.5 Å². The van der Waals surface area contributed by atoms with Crippen LogP contribution in [0.5, 0.6) is 0 Å². The van der Waals surface area contributed by atoms with Gasteiger partial charge in [0, 0.05) is 25.7 Å². The van der Waals surface area contributed by atoms with Crippen molar-refractivity contribution in [2.75, 3.05) is 19.6 Å². The highest BCUT2D eigenvalue weighted by Crippen LogP contribution is 2.45. The fourth-order valence-electron chi connectivity index (χ4n) is 3.31. The third-order valence-corrected chi connectivity index (χ3v) is 4.45. The highest BCUT2D eigenvalue weighted by Gasteiger charge is 2.57. The van der Waals surface area contributed by atoms with Crippen molar-refractivity contribution in [3.63, 3.8) is 0 Å². The Hall–Kier alpha value is -1.23. The van der Waals surface area contributed by atoms with E-state index in [1.54, 1.807) is 0 Å². The molecule has 3 aliphatic rings. The van der Waals surface area contributed by atoms with E-state index >= 15 is 0 Å². The van der Waals surface area contributed by atoms with E-state index in [-0.39, 0.29) is 6.09 Å². The number of hydrogen-bond donors (Lipinski definition) is 1. The van der Waals surface area contributed by atoms with Crippen molar-refractivity contribution in [3.05, 3.63) is 12.3 Å². The molecule has 0 bridgehead atoms. The Morgan fingerprint density at radius 2 is 2.10 bits per heavy atom. The van der Waals surface area contributed by atoms with Gasteiger partial charge in [0.2, 0.25) is 0 Å². The van der Waals surface area contributed by atoms with Gasteiger partial charge in [-0.3, -0.25) is 0 Å². The summed E-state index contributed by atoms with van der Waals surface area (Å²) in [6.45, 7) is 8.28. The predicted octanol–water partition coefficient (Wildman–Crippen LogP) is 2.13. The average Bonchev–Trinajstić information content (AvgIpc) is 2.87. The molecule has 0 aromatic carbocycles. The summed E-state index contributed by atoms with van der Waals surface area (Å²) < 4.78 is 11.0. The summed E-state index contributed by atoms with van der Waals surface area (Å²) in [6, 6.07) is 0.554. The largest absolute Gasteiger partial charge is 0.497 e. The molecule has 21 heavy (non-hydrogen) atoms. The Balaban J connectivity index is 1.38. The first-order valence-corrected chi connectivity index (χ1v) is 7.96. The Morgan fingerprint density at radius 3 is 2.67 bits per heavy atom. The number of ether oxygens (including phenoxy) is 2. The molecule has 3 atom stereocenters. The molecule has 0 radical (unpaired) electrons. The maximum absolute atomic E-state index is 12.0. The summed E-state index contributed by atoms with van der Waals surface area (Å²) in [6.07, 6.45) is 6.22. The lowest BCUT2D eigenvalue weighted by atomic mass is 10.1. The highest BCUT2D eigenvalue weighted by molar-refractivity contribution is 5.69. The molecule has 1 aliphatic carbocycles. The van der Waals surface area contributed by atoms with E-state index in [9.17, 15) is 4.79 Å². The summed E-state index contributed by atoms with van der Waals surface area (Å²) in [5, 5.41) is 3.60. The predicted molar refractivity (Wildman–Crippen MR) is 79.8 cm³/mol. The number of amides is 1. The molecule has 0 spiro atoms. The topological polar surface area (TPSA) is 50.8 Å². The lowest BCUT2D eigenvalue weighted by Gasteiger charge is -2.26. The number of rotatable bonds is 3.